The van der Waals surface area contributed by atoms with Crippen LogP contribution in [0.2, 0.25) is 0 Å². The standard InChI is InChI=1S/C9H12F3N5O/c10-9(11,12)5-4-7(17-8(14)16-5)15-3-1-2-6(13)18/h4H,1-3H2,(H2,13,18)(H3,14,15,16,17). The second-order valence-corrected chi connectivity index (χ2v) is 3.49. The number of nitrogens with one attached hydrogen (secondary N) is 1. The number of carbonyl (C=O) groups is 1. The first-order chi connectivity index (χ1) is 8.29. The van der Waals surface area contributed by atoms with Crippen LogP contribution in [0, 0.1) is 0 Å². The average Bonchev–Trinajstić information content (AvgIpc) is 2.22. The summed E-state index contributed by atoms with van der Waals surface area (Å²) < 4.78 is 37.2. The summed E-state index contributed by atoms with van der Waals surface area (Å²) in [6.07, 6.45) is -4.05. The maximum Gasteiger partial charge on any atom is 0.433 e. The van der Waals surface area contributed by atoms with Gasteiger partial charge in [0, 0.05) is 19.0 Å². The fourth-order valence-electron chi connectivity index (χ4n) is 1.18. The lowest BCUT2D eigenvalue weighted by molar-refractivity contribution is -0.141. The van der Waals surface area contributed by atoms with E-state index in [0.29, 0.717) is 6.42 Å². The van der Waals surface area contributed by atoms with Crippen LogP contribution in [0.1, 0.15) is 18.5 Å². The third-order valence-electron chi connectivity index (χ3n) is 1.94. The molecule has 1 rings (SSSR count). The number of nitrogens with zero attached hydrogens (tertiary/aromatic N) is 2. The lowest BCUT2D eigenvalue weighted by Gasteiger charge is -2.09. The highest BCUT2D eigenvalue weighted by molar-refractivity contribution is 5.73. The van der Waals surface area contributed by atoms with Gasteiger partial charge in [0.2, 0.25) is 11.9 Å². The molecule has 6 nitrogen and oxygen atoms in total. The first-order valence-corrected chi connectivity index (χ1v) is 5.03. The zero-order chi connectivity index (χ0) is 13.8. The molecule has 0 spiro atoms. The van der Waals surface area contributed by atoms with Crippen molar-refractivity contribution in [1.82, 2.24) is 9.97 Å². The van der Waals surface area contributed by atoms with Gasteiger partial charge in [-0.05, 0) is 6.42 Å². The molecule has 1 amide bonds. The van der Waals surface area contributed by atoms with Crippen LogP contribution in [-0.2, 0) is 11.0 Å². The van der Waals surface area contributed by atoms with E-state index in [1.54, 1.807) is 0 Å². The fourth-order valence-corrected chi connectivity index (χ4v) is 1.18. The van der Waals surface area contributed by atoms with Crippen molar-refractivity contribution in [3.05, 3.63) is 11.8 Å². The normalized spacial score (nSPS) is 11.3. The SMILES string of the molecule is NC(=O)CCCNc1cc(C(F)(F)F)nc(N)n1. The van der Waals surface area contributed by atoms with Gasteiger partial charge in [0.15, 0.2) is 5.69 Å². The molecule has 0 fully saturated rings. The van der Waals surface area contributed by atoms with Gasteiger partial charge >= 0.3 is 6.18 Å². The Morgan fingerprint density at radius 1 is 1.39 bits per heavy atom. The molecule has 5 N–H and O–H groups in total. The molecule has 9 heteroatoms. The van der Waals surface area contributed by atoms with Gasteiger partial charge in [0.1, 0.15) is 5.82 Å². The monoisotopic (exact) mass is 263 g/mol. The third kappa shape index (κ3) is 4.44. The number of aromatic nitrogens is 2. The Morgan fingerprint density at radius 2 is 2.06 bits per heavy atom. The number of hydrogen-bond acceptors (Lipinski definition) is 5. The molecule has 1 aromatic rings. The molecule has 1 heterocycles. The smallest absolute Gasteiger partial charge is 0.370 e. The van der Waals surface area contributed by atoms with Crippen molar-refractivity contribution < 1.29 is 18.0 Å². The summed E-state index contributed by atoms with van der Waals surface area (Å²) in [5.41, 5.74) is 8.97. The van der Waals surface area contributed by atoms with E-state index >= 15 is 0 Å². The van der Waals surface area contributed by atoms with E-state index in [9.17, 15) is 18.0 Å². The van der Waals surface area contributed by atoms with Crippen LogP contribution < -0.4 is 16.8 Å². The van der Waals surface area contributed by atoms with Crippen LogP contribution >= 0.6 is 0 Å². The average molecular weight is 263 g/mol. The molecule has 0 aromatic carbocycles. The largest absolute Gasteiger partial charge is 0.433 e. The van der Waals surface area contributed by atoms with Gasteiger partial charge in [-0.1, -0.05) is 0 Å². The van der Waals surface area contributed by atoms with Gasteiger partial charge in [-0.3, -0.25) is 4.79 Å². The number of halogens is 3. The minimum absolute atomic E-state index is 0.0423. The van der Waals surface area contributed by atoms with Crippen molar-refractivity contribution in [1.29, 1.82) is 0 Å². The Kier molecular flexibility index (Phi) is 4.29. The Labute approximate surface area is 101 Å². The number of alkyl halides is 3. The second-order valence-electron chi connectivity index (χ2n) is 3.49. The summed E-state index contributed by atoms with van der Waals surface area (Å²) in [5.74, 6) is -0.989. The number of amides is 1. The Bertz CT molecular complexity index is 435. The predicted octanol–water partition coefficient (Wildman–Crippen LogP) is 0.755. The van der Waals surface area contributed by atoms with Crippen LogP contribution in [0.5, 0.6) is 0 Å². The molecule has 0 aliphatic carbocycles. The minimum atomic E-state index is -4.58. The highest BCUT2D eigenvalue weighted by Crippen LogP contribution is 2.29. The Morgan fingerprint density at radius 3 is 2.61 bits per heavy atom. The first kappa shape index (κ1) is 14.0. The Hall–Kier alpha value is -2.06. The number of nitrogen functional groups attached to an aromatic ring is 1. The number of anilines is 2. The zero-order valence-corrected chi connectivity index (χ0v) is 9.29. The van der Waals surface area contributed by atoms with Gasteiger partial charge in [-0.2, -0.15) is 18.2 Å². The van der Waals surface area contributed by atoms with Crippen molar-refractivity contribution in [2.45, 2.75) is 19.0 Å². The van der Waals surface area contributed by atoms with Gasteiger partial charge in [-0.15, -0.1) is 0 Å². The third-order valence-corrected chi connectivity index (χ3v) is 1.94. The van der Waals surface area contributed by atoms with E-state index in [0.717, 1.165) is 6.07 Å². The van der Waals surface area contributed by atoms with Crippen LogP contribution in [0.15, 0.2) is 6.07 Å². The van der Waals surface area contributed by atoms with Gasteiger partial charge < -0.3 is 16.8 Å². The summed E-state index contributed by atoms with van der Waals surface area (Å²) in [6.45, 7) is 0.261. The highest BCUT2D eigenvalue weighted by Gasteiger charge is 2.33. The summed E-state index contributed by atoms with van der Waals surface area (Å²) in [6, 6.07) is 0.751. The van der Waals surface area contributed by atoms with Crippen molar-refractivity contribution in [2.24, 2.45) is 5.73 Å². The number of rotatable bonds is 5. The first-order valence-electron chi connectivity index (χ1n) is 5.03. The topological polar surface area (TPSA) is 107 Å². The fraction of sp³-hybridized carbons (Fsp3) is 0.444. The number of primary amides is 1. The summed E-state index contributed by atoms with van der Waals surface area (Å²) in [4.78, 5) is 17.1. The lowest BCUT2D eigenvalue weighted by Crippen LogP contribution is -2.15. The molecular formula is C9H12F3N5O. The maximum atomic E-state index is 12.4. The van der Waals surface area contributed by atoms with Crippen molar-refractivity contribution in [3.63, 3.8) is 0 Å². The number of nitrogens with two attached hydrogens (primary N) is 2. The van der Waals surface area contributed by atoms with Crippen LogP contribution in [-0.4, -0.2) is 22.4 Å². The van der Waals surface area contributed by atoms with E-state index in [1.165, 1.54) is 0 Å². The van der Waals surface area contributed by atoms with E-state index in [1.807, 2.05) is 0 Å². The van der Waals surface area contributed by atoms with Gasteiger partial charge in [-0.25, -0.2) is 4.98 Å². The molecule has 1 aromatic heterocycles. The predicted molar refractivity (Wildman–Crippen MR) is 58.4 cm³/mol. The molecule has 0 radical (unpaired) electrons. The molecule has 0 atom stereocenters. The molecule has 0 aliphatic heterocycles. The van der Waals surface area contributed by atoms with Crippen LogP contribution in [0.4, 0.5) is 24.9 Å². The minimum Gasteiger partial charge on any atom is -0.370 e. The summed E-state index contributed by atoms with van der Waals surface area (Å²) in [7, 11) is 0. The highest BCUT2D eigenvalue weighted by atomic mass is 19.4. The van der Waals surface area contributed by atoms with E-state index in [2.05, 4.69) is 15.3 Å². The molecule has 100 valence electrons. The lowest BCUT2D eigenvalue weighted by atomic mass is 10.3. The molecule has 0 saturated heterocycles. The molecular weight excluding hydrogens is 251 g/mol. The number of hydrogen-bond donors (Lipinski definition) is 3. The van der Waals surface area contributed by atoms with Crippen molar-refractivity contribution >= 4 is 17.7 Å². The van der Waals surface area contributed by atoms with E-state index in [-0.39, 0.29) is 18.8 Å². The Balaban J connectivity index is 2.66. The van der Waals surface area contributed by atoms with E-state index in [4.69, 9.17) is 11.5 Å². The summed E-state index contributed by atoms with van der Waals surface area (Å²) >= 11 is 0. The molecule has 0 unspecified atom stereocenters. The van der Waals surface area contributed by atoms with Crippen molar-refractivity contribution in [2.75, 3.05) is 17.6 Å². The molecule has 18 heavy (non-hydrogen) atoms. The van der Waals surface area contributed by atoms with Gasteiger partial charge in [0.05, 0.1) is 0 Å². The summed E-state index contributed by atoms with van der Waals surface area (Å²) in [5, 5.41) is 2.61. The quantitative estimate of drug-likeness (QED) is 0.680. The molecule has 0 bridgehead atoms. The zero-order valence-electron chi connectivity index (χ0n) is 9.29. The molecule has 0 aliphatic rings. The molecule has 0 saturated carbocycles. The van der Waals surface area contributed by atoms with Gasteiger partial charge in [0.25, 0.3) is 0 Å². The van der Waals surface area contributed by atoms with Crippen molar-refractivity contribution in [3.8, 4) is 0 Å². The van der Waals surface area contributed by atoms with Crippen LogP contribution in [0.3, 0.4) is 0 Å². The van der Waals surface area contributed by atoms with E-state index < -0.39 is 23.7 Å². The second kappa shape index (κ2) is 5.52. The maximum absolute atomic E-state index is 12.4. The van der Waals surface area contributed by atoms with Crippen LogP contribution in [0.25, 0.3) is 0 Å². The number of carbonyl (C=O) groups excluding carboxylic acids is 1.